The first kappa shape index (κ1) is 17.3. The molecule has 1 fully saturated rings. The average molecular weight is 340 g/mol. The average Bonchev–Trinajstić information content (AvgIpc) is 2.63. The van der Waals surface area contributed by atoms with Crippen LogP contribution in [0.5, 0.6) is 5.75 Å². The Hall–Kier alpha value is -2.53. The summed E-state index contributed by atoms with van der Waals surface area (Å²) >= 11 is 0. The van der Waals surface area contributed by atoms with Gasteiger partial charge in [0.1, 0.15) is 5.75 Å². The molecule has 1 aliphatic heterocycles. The summed E-state index contributed by atoms with van der Waals surface area (Å²) in [5.74, 6) is 0.534. The minimum atomic E-state index is -0.584. The molecule has 1 unspecified atom stereocenters. The topological polar surface area (TPSA) is 50.8 Å². The van der Waals surface area contributed by atoms with Crippen LogP contribution in [-0.4, -0.2) is 38.3 Å². The summed E-state index contributed by atoms with van der Waals surface area (Å²) in [7, 11) is 0. The van der Waals surface area contributed by atoms with Gasteiger partial charge in [-0.3, -0.25) is 4.79 Å². The molecule has 0 saturated carbocycles. The van der Waals surface area contributed by atoms with Crippen LogP contribution >= 0.6 is 0 Å². The van der Waals surface area contributed by atoms with Gasteiger partial charge < -0.3 is 19.7 Å². The van der Waals surface area contributed by atoms with Crippen LogP contribution in [0.15, 0.2) is 48.5 Å². The summed E-state index contributed by atoms with van der Waals surface area (Å²) in [6, 6.07) is 15.5. The second-order valence-corrected chi connectivity index (χ2v) is 6.18. The van der Waals surface area contributed by atoms with E-state index in [2.05, 4.69) is 10.2 Å². The summed E-state index contributed by atoms with van der Waals surface area (Å²) < 4.78 is 11.2. The predicted molar refractivity (Wildman–Crippen MR) is 99.4 cm³/mol. The Morgan fingerprint density at radius 3 is 2.68 bits per heavy atom. The third kappa shape index (κ3) is 4.51. The number of benzene rings is 2. The van der Waals surface area contributed by atoms with Crippen molar-refractivity contribution in [3.8, 4) is 5.75 Å². The number of hydrogen-bond donors (Lipinski definition) is 1. The van der Waals surface area contributed by atoms with Gasteiger partial charge in [0.15, 0.2) is 6.10 Å². The van der Waals surface area contributed by atoms with E-state index in [0.29, 0.717) is 19.0 Å². The Balaban J connectivity index is 1.68. The highest BCUT2D eigenvalue weighted by atomic mass is 16.5. The van der Waals surface area contributed by atoms with E-state index in [0.717, 1.165) is 30.0 Å². The number of carbonyl (C=O) groups is 1. The molecule has 1 aliphatic rings. The number of nitrogens with one attached hydrogen (secondary N) is 1. The molecule has 132 valence electrons. The van der Waals surface area contributed by atoms with Gasteiger partial charge in [0.25, 0.3) is 5.91 Å². The van der Waals surface area contributed by atoms with Crippen LogP contribution in [0.1, 0.15) is 12.5 Å². The highest BCUT2D eigenvalue weighted by Crippen LogP contribution is 2.26. The van der Waals surface area contributed by atoms with E-state index in [4.69, 9.17) is 9.47 Å². The Labute approximate surface area is 148 Å². The lowest BCUT2D eigenvalue weighted by molar-refractivity contribution is -0.122. The third-order valence-electron chi connectivity index (χ3n) is 4.19. The van der Waals surface area contributed by atoms with Crippen molar-refractivity contribution in [3.05, 3.63) is 54.1 Å². The molecule has 5 heteroatoms. The maximum Gasteiger partial charge on any atom is 0.265 e. The number of carbonyl (C=O) groups excluding carboxylic acids is 1. The molecule has 1 heterocycles. The molecule has 2 aromatic rings. The highest BCUT2D eigenvalue weighted by molar-refractivity contribution is 5.97. The van der Waals surface area contributed by atoms with Gasteiger partial charge in [0, 0.05) is 13.1 Å². The zero-order valence-corrected chi connectivity index (χ0v) is 14.7. The number of rotatable bonds is 5. The molecule has 5 nitrogen and oxygen atoms in total. The molecule has 1 saturated heterocycles. The standard InChI is InChI=1S/C20H24N2O3/c1-15-6-5-7-17(14-15)25-16(2)20(23)21-18-8-3-4-9-19(18)22-10-12-24-13-11-22/h3-9,14,16H,10-13H2,1-2H3,(H,21,23). The Morgan fingerprint density at radius 1 is 1.16 bits per heavy atom. The normalized spacial score (nSPS) is 15.5. The fourth-order valence-corrected chi connectivity index (χ4v) is 2.84. The fraction of sp³-hybridized carbons (Fsp3) is 0.350. The fourth-order valence-electron chi connectivity index (χ4n) is 2.84. The van der Waals surface area contributed by atoms with Gasteiger partial charge >= 0.3 is 0 Å². The van der Waals surface area contributed by atoms with E-state index in [1.165, 1.54) is 0 Å². The summed E-state index contributed by atoms with van der Waals surface area (Å²) in [5, 5.41) is 3.00. The zero-order valence-electron chi connectivity index (χ0n) is 14.7. The lowest BCUT2D eigenvalue weighted by Crippen LogP contribution is -2.37. The molecule has 25 heavy (non-hydrogen) atoms. The first-order valence-corrected chi connectivity index (χ1v) is 8.59. The van der Waals surface area contributed by atoms with E-state index in [9.17, 15) is 4.79 Å². The molecular weight excluding hydrogens is 316 g/mol. The maximum absolute atomic E-state index is 12.6. The Kier molecular flexibility index (Phi) is 5.56. The molecule has 1 amide bonds. The van der Waals surface area contributed by atoms with Gasteiger partial charge in [0.05, 0.1) is 24.6 Å². The van der Waals surface area contributed by atoms with Crippen molar-refractivity contribution in [1.82, 2.24) is 0 Å². The SMILES string of the molecule is Cc1cccc(OC(C)C(=O)Nc2ccccc2N2CCOCC2)c1. The number of nitrogens with zero attached hydrogens (tertiary/aromatic N) is 1. The molecule has 0 spiro atoms. The van der Waals surface area contributed by atoms with E-state index >= 15 is 0 Å². The number of amides is 1. The molecule has 2 aromatic carbocycles. The molecule has 0 aromatic heterocycles. The lowest BCUT2D eigenvalue weighted by atomic mass is 10.2. The predicted octanol–water partition coefficient (Wildman–Crippen LogP) is 3.24. The largest absolute Gasteiger partial charge is 0.481 e. The number of para-hydroxylation sites is 2. The van der Waals surface area contributed by atoms with Crippen molar-refractivity contribution in [1.29, 1.82) is 0 Å². The van der Waals surface area contributed by atoms with Crippen LogP contribution in [0.4, 0.5) is 11.4 Å². The summed E-state index contributed by atoms with van der Waals surface area (Å²) in [5.41, 5.74) is 2.92. The Bertz CT molecular complexity index is 726. The molecule has 1 atom stereocenters. The second kappa shape index (κ2) is 8.03. The van der Waals surface area contributed by atoms with Gasteiger partial charge in [-0.25, -0.2) is 0 Å². The number of ether oxygens (including phenoxy) is 2. The number of hydrogen-bond acceptors (Lipinski definition) is 4. The minimum Gasteiger partial charge on any atom is -0.481 e. The van der Waals surface area contributed by atoms with Crippen molar-refractivity contribution >= 4 is 17.3 Å². The summed E-state index contributed by atoms with van der Waals surface area (Å²) in [6.07, 6.45) is -0.584. The molecule has 3 rings (SSSR count). The van der Waals surface area contributed by atoms with Gasteiger partial charge in [-0.15, -0.1) is 0 Å². The highest BCUT2D eigenvalue weighted by Gasteiger charge is 2.19. The van der Waals surface area contributed by atoms with Gasteiger partial charge in [0.2, 0.25) is 0 Å². The van der Waals surface area contributed by atoms with Crippen molar-refractivity contribution in [2.45, 2.75) is 20.0 Å². The Morgan fingerprint density at radius 2 is 1.92 bits per heavy atom. The molecule has 1 N–H and O–H groups in total. The molecule has 0 aliphatic carbocycles. The van der Waals surface area contributed by atoms with Crippen LogP contribution in [0.3, 0.4) is 0 Å². The van der Waals surface area contributed by atoms with Gasteiger partial charge in [-0.1, -0.05) is 24.3 Å². The summed E-state index contributed by atoms with van der Waals surface area (Å²) in [6.45, 7) is 6.81. The quantitative estimate of drug-likeness (QED) is 0.908. The van der Waals surface area contributed by atoms with Crippen molar-refractivity contribution < 1.29 is 14.3 Å². The first-order chi connectivity index (χ1) is 12.1. The number of anilines is 2. The van der Waals surface area contributed by atoms with Crippen LogP contribution < -0.4 is 15.0 Å². The lowest BCUT2D eigenvalue weighted by Gasteiger charge is -2.30. The van der Waals surface area contributed by atoms with E-state index in [-0.39, 0.29) is 5.91 Å². The van der Waals surface area contributed by atoms with Crippen molar-refractivity contribution in [3.63, 3.8) is 0 Å². The van der Waals surface area contributed by atoms with Gasteiger partial charge in [-0.2, -0.15) is 0 Å². The van der Waals surface area contributed by atoms with E-state index in [1.54, 1.807) is 6.92 Å². The van der Waals surface area contributed by atoms with Crippen molar-refractivity contribution in [2.75, 3.05) is 36.5 Å². The summed E-state index contributed by atoms with van der Waals surface area (Å²) in [4.78, 5) is 14.8. The first-order valence-electron chi connectivity index (χ1n) is 8.59. The smallest absolute Gasteiger partial charge is 0.265 e. The minimum absolute atomic E-state index is 0.165. The van der Waals surface area contributed by atoms with Crippen LogP contribution in [0.2, 0.25) is 0 Å². The molecular formula is C20H24N2O3. The molecule has 0 bridgehead atoms. The number of morpholine rings is 1. The maximum atomic E-state index is 12.6. The van der Waals surface area contributed by atoms with Crippen LogP contribution in [-0.2, 0) is 9.53 Å². The van der Waals surface area contributed by atoms with Gasteiger partial charge in [-0.05, 0) is 43.7 Å². The van der Waals surface area contributed by atoms with Crippen molar-refractivity contribution in [2.24, 2.45) is 0 Å². The van der Waals surface area contributed by atoms with Crippen LogP contribution in [0, 0.1) is 6.92 Å². The molecule has 0 radical (unpaired) electrons. The van der Waals surface area contributed by atoms with E-state index < -0.39 is 6.10 Å². The monoisotopic (exact) mass is 340 g/mol. The van der Waals surface area contributed by atoms with Crippen LogP contribution in [0.25, 0.3) is 0 Å². The number of aryl methyl sites for hydroxylation is 1. The third-order valence-corrected chi connectivity index (χ3v) is 4.19. The van der Waals surface area contributed by atoms with E-state index in [1.807, 2.05) is 55.5 Å². The second-order valence-electron chi connectivity index (χ2n) is 6.18. The zero-order chi connectivity index (χ0) is 17.6.